The summed E-state index contributed by atoms with van der Waals surface area (Å²) in [6.07, 6.45) is -1.85. The van der Waals surface area contributed by atoms with Crippen LogP contribution >= 0.6 is 0 Å². The maximum atomic E-state index is 9.65. The summed E-state index contributed by atoms with van der Waals surface area (Å²) in [5, 5.41) is 63.6. The Morgan fingerprint density at radius 1 is 0.731 bits per heavy atom. The van der Waals surface area contributed by atoms with Gasteiger partial charge in [-0.05, 0) is 20.3 Å². The molecule has 0 amide bonds. The van der Waals surface area contributed by atoms with E-state index in [1.54, 1.807) is 0 Å². The van der Waals surface area contributed by atoms with Crippen LogP contribution in [-0.2, 0) is 19.2 Å². The van der Waals surface area contributed by atoms with Crippen LogP contribution in [0.25, 0.3) is 0 Å². The van der Waals surface area contributed by atoms with E-state index in [-0.39, 0.29) is 32.5 Å². The van der Waals surface area contributed by atoms with Gasteiger partial charge in [0.05, 0.1) is 25.6 Å². The predicted octanol–water partition coefficient (Wildman–Crippen LogP) is -1.41. The first-order valence-electron chi connectivity index (χ1n) is 7.27. The summed E-state index contributed by atoms with van der Waals surface area (Å²) in [5.74, 6) is -3.96. The maximum Gasteiger partial charge on any atom is 0.332 e. The molecule has 0 aromatic heterocycles. The zero-order valence-corrected chi connectivity index (χ0v) is 14.6. The quantitative estimate of drug-likeness (QED) is 0.240. The van der Waals surface area contributed by atoms with Crippen LogP contribution in [0.2, 0.25) is 0 Å². The Bertz CT molecular complexity index is 378. The van der Waals surface area contributed by atoms with E-state index in [1.165, 1.54) is 13.8 Å². The van der Waals surface area contributed by atoms with Gasteiger partial charge in [-0.3, -0.25) is 14.4 Å². The maximum absolute atomic E-state index is 9.65. The van der Waals surface area contributed by atoms with Gasteiger partial charge in [0.1, 0.15) is 6.10 Å². The molecule has 26 heavy (non-hydrogen) atoms. The van der Waals surface area contributed by atoms with Crippen molar-refractivity contribution in [2.75, 3.05) is 13.2 Å². The summed E-state index contributed by atoms with van der Waals surface area (Å²) in [4.78, 5) is 38.2. The average molecular weight is 388 g/mol. The van der Waals surface area contributed by atoms with Gasteiger partial charge in [0.2, 0.25) is 0 Å². The first kappa shape index (κ1) is 31.5. The number of carboxylic acids is 4. The van der Waals surface area contributed by atoms with Crippen molar-refractivity contribution in [2.45, 2.75) is 51.7 Å². The molecular weight excluding hydrogens is 360 g/mol. The van der Waals surface area contributed by atoms with Gasteiger partial charge in [-0.15, -0.1) is 0 Å². The monoisotopic (exact) mass is 388 g/mol. The molecule has 12 nitrogen and oxygen atoms in total. The van der Waals surface area contributed by atoms with Gasteiger partial charge in [0, 0.05) is 13.0 Å². The molecule has 0 aliphatic carbocycles. The number of carboxylic acid groups (broad SMARTS) is 4. The standard InChI is InChI=1S/2C4H8O3.2C3H6O3/c1-3(5)2-4(6)7;5-3-1-2-4(6)7;1-2(4)3(5)6;4-2-1-3(5)6/h3,5H,2H2,1H3,(H,6,7);5H,1-3H2,(H,6,7);2,4H,1H3,(H,5,6);4H,1-2H2,(H,5,6). The van der Waals surface area contributed by atoms with Crippen LogP contribution in [0, 0.1) is 0 Å². The normalized spacial score (nSPS) is 11.0. The summed E-state index contributed by atoms with van der Waals surface area (Å²) >= 11 is 0. The number of hydrogen-bond acceptors (Lipinski definition) is 8. The average Bonchev–Trinajstić information content (AvgIpc) is 2.45. The fourth-order valence-corrected chi connectivity index (χ4v) is 0.579. The van der Waals surface area contributed by atoms with Crippen molar-refractivity contribution in [1.82, 2.24) is 0 Å². The molecule has 8 N–H and O–H groups in total. The van der Waals surface area contributed by atoms with Crippen molar-refractivity contribution in [3.05, 3.63) is 0 Å². The second-order valence-electron chi connectivity index (χ2n) is 4.55. The topological polar surface area (TPSA) is 230 Å². The molecule has 0 saturated heterocycles. The minimum Gasteiger partial charge on any atom is -0.481 e. The summed E-state index contributed by atoms with van der Waals surface area (Å²) in [7, 11) is 0. The summed E-state index contributed by atoms with van der Waals surface area (Å²) in [6, 6.07) is 0. The molecule has 0 saturated carbocycles. The first-order valence-corrected chi connectivity index (χ1v) is 7.27. The number of aliphatic hydroxyl groups is 4. The Morgan fingerprint density at radius 3 is 1.15 bits per heavy atom. The van der Waals surface area contributed by atoms with Crippen LogP contribution in [0.5, 0.6) is 0 Å². The molecule has 2 unspecified atom stereocenters. The van der Waals surface area contributed by atoms with Crippen molar-refractivity contribution < 1.29 is 60.0 Å². The highest BCUT2D eigenvalue weighted by Crippen LogP contribution is 1.86. The largest absolute Gasteiger partial charge is 0.481 e. The lowest BCUT2D eigenvalue weighted by Gasteiger charge is -1.94. The lowest BCUT2D eigenvalue weighted by atomic mass is 10.3. The smallest absolute Gasteiger partial charge is 0.332 e. The van der Waals surface area contributed by atoms with E-state index >= 15 is 0 Å². The second kappa shape index (κ2) is 22.7. The molecule has 2 atom stereocenters. The summed E-state index contributed by atoms with van der Waals surface area (Å²) in [6.45, 7) is 2.33. The highest BCUT2D eigenvalue weighted by atomic mass is 16.4. The minimum absolute atomic E-state index is 0.0354. The molecule has 0 aliphatic heterocycles. The number of aliphatic hydroxyl groups excluding tert-OH is 4. The van der Waals surface area contributed by atoms with Crippen LogP contribution in [-0.4, -0.2) is 90.2 Å². The molecule has 0 aromatic rings. The lowest BCUT2D eigenvalue weighted by molar-refractivity contribution is -0.145. The minimum atomic E-state index is -1.23. The predicted molar refractivity (Wildman–Crippen MR) is 86.5 cm³/mol. The molecule has 0 heterocycles. The molecular formula is C14H28O12. The van der Waals surface area contributed by atoms with Crippen molar-refractivity contribution in [3.63, 3.8) is 0 Å². The van der Waals surface area contributed by atoms with Gasteiger partial charge in [-0.25, -0.2) is 4.79 Å². The third kappa shape index (κ3) is 57.6. The van der Waals surface area contributed by atoms with Gasteiger partial charge in [-0.1, -0.05) is 0 Å². The summed E-state index contributed by atoms with van der Waals surface area (Å²) in [5.41, 5.74) is 0. The third-order valence-corrected chi connectivity index (χ3v) is 1.70. The van der Waals surface area contributed by atoms with E-state index in [1.807, 2.05) is 0 Å². The van der Waals surface area contributed by atoms with E-state index in [0.717, 1.165) is 0 Å². The number of hydrogen-bond donors (Lipinski definition) is 8. The van der Waals surface area contributed by atoms with Crippen molar-refractivity contribution in [3.8, 4) is 0 Å². The number of aliphatic carboxylic acids is 4. The van der Waals surface area contributed by atoms with E-state index in [9.17, 15) is 19.2 Å². The first-order chi connectivity index (χ1) is 11.8. The van der Waals surface area contributed by atoms with E-state index in [4.69, 9.17) is 40.9 Å². The highest BCUT2D eigenvalue weighted by molar-refractivity contribution is 5.71. The Morgan fingerprint density at radius 2 is 1.12 bits per heavy atom. The Kier molecular flexibility index (Phi) is 27.5. The Balaban J connectivity index is -0.000000124. The Labute approximate surface area is 150 Å². The molecule has 0 aliphatic rings. The molecule has 12 heteroatoms. The van der Waals surface area contributed by atoms with Crippen LogP contribution in [0.4, 0.5) is 0 Å². The number of carbonyl (C=O) groups is 4. The van der Waals surface area contributed by atoms with E-state index < -0.39 is 36.1 Å². The molecule has 0 radical (unpaired) electrons. The molecule has 0 fully saturated rings. The van der Waals surface area contributed by atoms with E-state index in [0.29, 0.717) is 6.42 Å². The second-order valence-corrected chi connectivity index (χ2v) is 4.55. The van der Waals surface area contributed by atoms with Crippen molar-refractivity contribution in [2.24, 2.45) is 0 Å². The lowest BCUT2D eigenvalue weighted by Crippen LogP contribution is -2.13. The van der Waals surface area contributed by atoms with Gasteiger partial charge in [-0.2, -0.15) is 0 Å². The zero-order valence-electron chi connectivity index (χ0n) is 14.6. The zero-order chi connectivity index (χ0) is 21.7. The highest BCUT2D eigenvalue weighted by Gasteiger charge is 2.01. The SMILES string of the molecule is CC(O)C(=O)O.CC(O)CC(=O)O.O=C(O)CCCO.O=C(O)CCO. The van der Waals surface area contributed by atoms with Crippen LogP contribution in [0.3, 0.4) is 0 Å². The number of rotatable bonds is 8. The summed E-state index contributed by atoms with van der Waals surface area (Å²) < 4.78 is 0. The van der Waals surface area contributed by atoms with Gasteiger partial charge < -0.3 is 40.9 Å². The van der Waals surface area contributed by atoms with Gasteiger partial charge >= 0.3 is 23.9 Å². The van der Waals surface area contributed by atoms with Crippen LogP contribution < -0.4 is 0 Å². The third-order valence-electron chi connectivity index (χ3n) is 1.70. The molecule has 156 valence electrons. The molecule has 0 rings (SSSR count). The molecule has 0 aromatic carbocycles. The molecule has 0 bridgehead atoms. The Hall–Kier alpha value is -2.28. The van der Waals surface area contributed by atoms with Crippen LogP contribution in [0.15, 0.2) is 0 Å². The fraction of sp³-hybridized carbons (Fsp3) is 0.714. The van der Waals surface area contributed by atoms with Crippen LogP contribution in [0.1, 0.15) is 39.5 Å². The molecule has 0 spiro atoms. The van der Waals surface area contributed by atoms with Crippen molar-refractivity contribution >= 4 is 23.9 Å². The van der Waals surface area contributed by atoms with Gasteiger partial charge in [0.25, 0.3) is 0 Å². The van der Waals surface area contributed by atoms with E-state index in [2.05, 4.69) is 0 Å². The fourth-order valence-electron chi connectivity index (χ4n) is 0.579. The van der Waals surface area contributed by atoms with Crippen molar-refractivity contribution in [1.29, 1.82) is 0 Å². The van der Waals surface area contributed by atoms with Gasteiger partial charge in [0.15, 0.2) is 0 Å².